The van der Waals surface area contributed by atoms with E-state index in [-0.39, 0.29) is 17.8 Å². The summed E-state index contributed by atoms with van der Waals surface area (Å²) < 4.78 is 0. The van der Waals surface area contributed by atoms with Crippen LogP contribution in [0.3, 0.4) is 0 Å². The molecule has 1 aromatic rings. The number of likely N-dealkylation sites (N-methyl/N-ethyl adjacent to an activating group) is 1. The van der Waals surface area contributed by atoms with Gasteiger partial charge < -0.3 is 26.0 Å². The largest absolute Gasteiger partial charge is 0.508 e. The summed E-state index contributed by atoms with van der Waals surface area (Å²) in [6, 6.07) is 4.51. The lowest BCUT2D eigenvalue weighted by Crippen LogP contribution is -2.65. The zero-order chi connectivity index (χ0) is 23.7. The molecule has 4 rings (SSSR count). The molecular weight excluding hydrogens is 414 g/mol. The molecule has 0 saturated heterocycles. The van der Waals surface area contributed by atoms with Gasteiger partial charge in [-0.05, 0) is 44.5 Å². The first-order valence-corrected chi connectivity index (χ1v) is 10.4. The van der Waals surface area contributed by atoms with Crippen LogP contribution < -0.4 is 10.6 Å². The number of benzene rings is 1. The highest BCUT2D eigenvalue weighted by atomic mass is 16.3. The van der Waals surface area contributed by atoms with Crippen LogP contribution in [0.2, 0.25) is 0 Å². The summed E-state index contributed by atoms with van der Waals surface area (Å²) in [5.41, 5.74) is 4.04. The predicted octanol–water partition coefficient (Wildman–Crippen LogP) is 0.324. The minimum Gasteiger partial charge on any atom is -0.508 e. The summed E-state index contributed by atoms with van der Waals surface area (Å²) in [5, 5.41) is 33.6. The Bertz CT molecular complexity index is 1120. The second-order valence-electron chi connectivity index (χ2n) is 9.17. The van der Waals surface area contributed by atoms with E-state index in [0.717, 1.165) is 5.56 Å². The van der Waals surface area contributed by atoms with Crippen LogP contribution in [0.25, 0.3) is 5.76 Å². The van der Waals surface area contributed by atoms with E-state index in [1.54, 1.807) is 14.1 Å². The number of hydrogen-bond acceptors (Lipinski definition) is 8. The van der Waals surface area contributed by atoms with Crippen molar-refractivity contribution in [2.75, 3.05) is 33.1 Å². The highest BCUT2D eigenvalue weighted by Gasteiger charge is 2.64. The third-order valence-corrected chi connectivity index (χ3v) is 6.94. The molecule has 0 aromatic heterocycles. The molecule has 4 atom stereocenters. The van der Waals surface area contributed by atoms with Gasteiger partial charge in [-0.1, -0.05) is 12.1 Å². The zero-order valence-corrected chi connectivity index (χ0v) is 18.4. The third-order valence-electron chi connectivity index (χ3n) is 6.94. The molecule has 0 heterocycles. The molecule has 1 saturated carbocycles. The van der Waals surface area contributed by atoms with Crippen LogP contribution >= 0.6 is 0 Å². The number of nitrogens with zero attached hydrogens (tertiary/aromatic N) is 2. The van der Waals surface area contributed by atoms with Gasteiger partial charge in [-0.2, -0.15) is 0 Å². The van der Waals surface area contributed by atoms with E-state index in [0.29, 0.717) is 17.7 Å². The molecule has 1 fully saturated rings. The van der Waals surface area contributed by atoms with E-state index < -0.39 is 52.3 Å². The van der Waals surface area contributed by atoms with Crippen molar-refractivity contribution in [1.82, 2.24) is 4.90 Å². The number of fused-ring (bicyclic) bond motifs is 3. The highest BCUT2D eigenvalue weighted by Crippen LogP contribution is 2.52. The van der Waals surface area contributed by atoms with Crippen molar-refractivity contribution in [3.63, 3.8) is 0 Å². The summed E-state index contributed by atoms with van der Waals surface area (Å²) >= 11 is 0. The molecule has 0 spiro atoms. The van der Waals surface area contributed by atoms with Gasteiger partial charge in [0, 0.05) is 36.8 Å². The number of aliphatic hydroxyl groups excluding tert-OH is 2. The number of rotatable bonds is 3. The Morgan fingerprint density at radius 3 is 2.38 bits per heavy atom. The van der Waals surface area contributed by atoms with Crippen molar-refractivity contribution >= 4 is 28.9 Å². The van der Waals surface area contributed by atoms with Crippen LogP contribution in [0.5, 0.6) is 0 Å². The Hall–Kier alpha value is -3.17. The van der Waals surface area contributed by atoms with E-state index in [1.807, 2.05) is 37.2 Å². The zero-order valence-electron chi connectivity index (χ0n) is 18.4. The molecular formula is C23H27N3O6. The summed E-state index contributed by atoms with van der Waals surface area (Å²) in [7, 11) is 6.82. The van der Waals surface area contributed by atoms with Gasteiger partial charge in [0.25, 0.3) is 5.91 Å². The monoisotopic (exact) mass is 441 g/mol. The molecule has 2 unspecified atom stereocenters. The van der Waals surface area contributed by atoms with Crippen LogP contribution in [-0.2, 0) is 20.8 Å². The maximum absolute atomic E-state index is 13.7. The molecule has 1 aromatic carbocycles. The minimum atomic E-state index is -2.54. The number of nitrogens with two attached hydrogens (primary N) is 1. The second kappa shape index (κ2) is 7.18. The number of ketones is 2. The SMILES string of the molecule is CN(C)c1cccc2c1C(O)=C1C(=O)[C@]3(O)C(O)=C(C(N)=O)C(=O)[C@@H](N(C)C)C3CC1C2. The van der Waals surface area contributed by atoms with Gasteiger partial charge in [-0.15, -0.1) is 0 Å². The number of aliphatic hydroxyl groups is 3. The van der Waals surface area contributed by atoms with Crippen molar-refractivity contribution in [2.45, 2.75) is 24.5 Å². The van der Waals surface area contributed by atoms with E-state index in [1.165, 1.54) is 4.90 Å². The molecule has 5 N–H and O–H groups in total. The lowest BCUT2D eigenvalue weighted by Gasteiger charge is -2.50. The normalized spacial score (nSPS) is 29.6. The first kappa shape index (κ1) is 22.0. The van der Waals surface area contributed by atoms with Crippen molar-refractivity contribution in [2.24, 2.45) is 17.6 Å². The first-order valence-electron chi connectivity index (χ1n) is 10.4. The van der Waals surface area contributed by atoms with Crippen molar-refractivity contribution in [3.05, 3.63) is 46.2 Å². The Morgan fingerprint density at radius 1 is 1.16 bits per heavy atom. The quantitative estimate of drug-likeness (QED) is 0.491. The standard InChI is InChI=1S/C23H27N3O6/c1-25(2)13-7-5-6-10-8-11-9-12-17(26(3)4)19(28)16(22(24)31)21(30)23(12,32)20(29)15(11)18(27)14(10)13/h5-7,11-12,17,27,30,32H,8-9H2,1-4H3,(H2,24,31)/t11?,12?,17-,23-/m0/s1. The molecule has 3 aliphatic carbocycles. The number of Topliss-reactive ketones (excluding diaryl/α,β-unsaturated/α-hetero) is 2. The topological polar surface area (TPSA) is 144 Å². The summed E-state index contributed by atoms with van der Waals surface area (Å²) in [5.74, 6) is -5.63. The highest BCUT2D eigenvalue weighted by molar-refractivity contribution is 6.24. The summed E-state index contributed by atoms with van der Waals surface area (Å²) in [6.45, 7) is 0. The van der Waals surface area contributed by atoms with Crippen molar-refractivity contribution < 1.29 is 29.7 Å². The number of carbonyl (C=O) groups excluding carboxylic acids is 3. The number of anilines is 1. The second-order valence-corrected chi connectivity index (χ2v) is 9.17. The van der Waals surface area contributed by atoms with E-state index >= 15 is 0 Å². The molecule has 9 heteroatoms. The van der Waals surface area contributed by atoms with Gasteiger partial charge in [-0.3, -0.25) is 19.3 Å². The Kier molecular flexibility index (Phi) is 4.94. The molecule has 170 valence electrons. The third kappa shape index (κ3) is 2.74. The Balaban J connectivity index is 1.98. The van der Waals surface area contributed by atoms with E-state index in [4.69, 9.17) is 5.73 Å². The first-order chi connectivity index (χ1) is 14.9. The summed E-state index contributed by atoms with van der Waals surface area (Å²) in [6.07, 6.45) is 0.578. The maximum Gasteiger partial charge on any atom is 0.255 e. The predicted molar refractivity (Wildman–Crippen MR) is 117 cm³/mol. The van der Waals surface area contributed by atoms with Crippen LogP contribution in [0, 0.1) is 11.8 Å². The van der Waals surface area contributed by atoms with E-state index in [2.05, 4.69) is 0 Å². The smallest absolute Gasteiger partial charge is 0.255 e. The van der Waals surface area contributed by atoms with Crippen LogP contribution in [0.1, 0.15) is 17.5 Å². The molecule has 1 amide bonds. The fourth-order valence-corrected chi connectivity index (χ4v) is 5.55. The fraction of sp³-hybridized carbons (Fsp3) is 0.435. The Morgan fingerprint density at radius 2 is 1.81 bits per heavy atom. The van der Waals surface area contributed by atoms with Gasteiger partial charge in [0.1, 0.15) is 17.1 Å². The molecule has 0 radical (unpaired) electrons. The molecule has 0 bridgehead atoms. The van der Waals surface area contributed by atoms with Crippen LogP contribution in [-0.4, -0.2) is 77.5 Å². The Labute approximate surface area is 185 Å². The molecule has 3 aliphatic rings. The van der Waals surface area contributed by atoms with Gasteiger partial charge in [0.05, 0.1) is 6.04 Å². The fourth-order valence-electron chi connectivity index (χ4n) is 5.55. The van der Waals surface area contributed by atoms with Gasteiger partial charge in [-0.25, -0.2) is 0 Å². The average molecular weight is 441 g/mol. The van der Waals surface area contributed by atoms with Crippen LogP contribution in [0.4, 0.5) is 5.69 Å². The molecule has 32 heavy (non-hydrogen) atoms. The van der Waals surface area contributed by atoms with Gasteiger partial charge in [0.15, 0.2) is 11.4 Å². The minimum absolute atomic E-state index is 0.00669. The van der Waals surface area contributed by atoms with Crippen molar-refractivity contribution in [1.29, 1.82) is 0 Å². The number of carbonyl (C=O) groups is 3. The van der Waals surface area contributed by atoms with Gasteiger partial charge in [0.2, 0.25) is 5.78 Å². The van der Waals surface area contributed by atoms with E-state index in [9.17, 15) is 29.7 Å². The van der Waals surface area contributed by atoms with Gasteiger partial charge >= 0.3 is 0 Å². The number of amides is 1. The number of hydrogen-bond donors (Lipinski definition) is 4. The molecule has 9 nitrogen and oxygen atoms in total. The average Bonchev–Trinajstić information content (AvgIpc) is 2.69. The lowest BCUT2D eigenvalue weighted by molar-refractivity contribution is -0.153. The lowest BCUT2D eigenvalue weighted by atomic mass is 9.57. The molecule has 0 aliphatic heterocycles. The summed E-state index contributed by atoms with van der Waals surface area (Å²) in [4.78, 5) is 42.0. The van der Waals surface area contributed by atoms with Crippen molar-refractivity contribution in [3.8, 4) is 0 Å². The number of primary amides is 1. The van der Waals surface area contributed by atoms with Crippen LogP contribution in [0.15, 0.2) is 35.1 Å². The maximum atomic E-state index is 13.7.